The minimum atomic E-state index is -0.149. The van der Waals surface area contributed by atoms with Crippen molar-refractivity contribution in [2.45, 2.75) is 4.34 Å². The normalized spacial score (nSPS) is 10.8. The highest BCUT2D eigenvalue weighted by Gasteiger charge is 2.07. The van der Waals surface area contributed by atoms with Crippen LogP contribution in [-0.4, -0.2) is 22.9 Å². The van der Waals surface area contributed by atoms with Crippen molar-refractivity contribution in [1.82, 2.24) is 10.4 Å². The van der Waals surface area contributed by atoms with Crippen LogP contribution in [0.5, 0.6) is 0 Å². The molecule has 1 amide bonds. The number of amides is 1. The molecule has 1 aromatic heterocycles. The van der Waals surface area contributed by atoms with Gasteiger partial charge in [-0.15, -0.1) is 11.3 Å². The van der Waals surface area contributed by atoms with Crippen LogP contribution in [0, 0.1) is 0 Å². The number of hydrogen-bond acceptors (Lipinski definition) is 5. The third-order valence-corrected chi connectivity index (χ3v) is 5.10. The Kier molecular flexibility index (Phi) is 5.76. The summed E-state index contributed by atoms with van der Waals surface area (Å²) >= 11 is 2.95. The first-order valence-electron chi connectivity index (χ1n) is 7.32. The van der Waals surface area contributed by atoms with E-state index in [1.807, 2.05) is 66.0 Å². The number of rotatable bonds is 6. The summed E-state index contributed by atoms with van der Waals surface area (Å²) in [6.07, 6.45) is 1.62. The largest absolute Gasteiger partial charge is 0.272 e. The first kappa shape index (κ1) is 16.4. The average molecular weight is 353 g/mol. The Labute approximate surface area is 148 Å². The van der Waals surface area contributed by atoms with Crippen molar-refractivity contribution in [3.63, 3.8) is 0 Å². The van der Waals surface area contributed by atoms with Gasteiger partial charge in [-0.05, 0) is 5.56 Å². The first-order valence-corrected chi connectivity index (χ1v) is 9.18. The summed E-state index contributed by atoms with van der Waals surface area (Å²) in [4.78, 5) is 16.4. The second kappa shape index (κ2) is 8.42. The van der Waals surface area contributed by atoms with Crippen LogP contribution in [0.15, 0.2) is 75.5 Å². The molecule has 3 aromatic rings. The maximum absolute atomic E-state index is 11.8. The average Bonchev–Trinajstić information content (AvgIpc) is 3.11. The minimum absolute atomic E-state index is 0.149. The highest BCUT2D eigenvalue weighted by Crippen LogP contribution is 2.27. The third-order valence-electron chi connectivity index (χ3n) is 3.08. The number of nitrogens with zero attached hydrogens (tertiary/aromatic N) is 2. The quantitative estimate of drug-likeness (QED) is 0.413. The summed E-state index contributed by atoms with van der Waals surface area (Å²) in [7, 11) is 0. The number of nitrogens with one attached hydrogen (secondary N) is 1. The predicted octanol–water partition coefficient (Wildman–Crippen LogP) is 4.05. The van der Waals surface area contributed by atoms with Gasteiger partial charge in [-0.25, -0.2) is 10.4 Å². The molecule has 0 saturated heterocycles. The molecule has 0 bridgehead atoms. The molecule has 0 saturated carbocycles. The fourth-order valence-corrected chi connectivity index (χ4v) is 3.57. The van der Waals surface area contributed by atoms with Crippen LogP contribution < -0.4 is 5.43 Å². The van der Waals surface area contributed by atoms with Gasteiger partial charge in [-0.2, -0.15) is 5.10 Å². The molecule has 0 radical (unpaired) electrons. The van der Waals surface area contributed by atoms with E-state index in [9.17, 15) is 4.79 Å². The van der Waals surface area contributed by atoms with E-state index in [1.54, 1.807) is 17.6 Å². The number of aromatic nitrogens is 1. The van der Waals surface area contributed by atoms with E-state index in [0.29, 0.717) is 0 Å². The molecular formula is C18H15N3OS2. The molecule has 0 atom stereocenters. The number of hydrogen-bond donors (Lipinski definition) is 1. The van der Waals surface area contributed by atoms with Gasteiger partial charge in [-0.1, -0.05) is 72.4 Å². The molecule has 0 aliphatic heterocycles. The fraction of sp³-hybridized carbons (Fsp3) is 0.0556. The lowest BCUT2D eigenvalue weighted by atomic mass is 10.2. The van der Waals surface area contributed by atoms with Gasteiger partial charge in [0.05, 0.1) is 17.7 Å². The van der Waals surface area contributed by atoms with Crippen LogP contribution in [0.2, 0.25) is 0 Å². The maximum Gasteiger partial charge on any atom is 0.250 e. The summed E-state index contributed by atoms with van der Waals surface area (Å²) in [5.74, 6) is 0.136. The fourth-order valence-electron chi connectivity index (χ4n) is 1.94. The molecule has 1 N–H and O–H groups in total. The van der Waals surface area contributed by atoms with Crippen LogP contribution in [-0.2, 0) is 4.79 Å². The zero-order valence-corrected chi connectivity index (χ0v) is 14.4. The Morgan fingerprint density at radius 3 is 2.58 bits per heavy atom. The van der Waals surface area contributed by atoms with Gasteiger partial charge in [0, 0.05) is 10.9 Å². The number of thioether (sulfide) groups is 1. The van der Waals surface area contributed by atoms with Crippen molar-refractivity contribution in [3.05, 3.63) is 71.6 Å². The first-order chi connectivity index (χ1) is 11.8. The van der Waals surface area contributed by atoms with Crippen LogP contribution in [0.3, 0.4) is 0 Å². The zero-order valence-electron chi connectivity index (χ0n) is 12.8. The number of carbonyl (C=O) groups excluding carboxylic acids is 1. The Balaban J connectivity index is 1.48. The van der Waals surface area contributed by atoms with Crippen molar-refractivity contribution in [2.24, 2.45) is 5.10 Å². The highest BCUT2D eigenvalue weighted by atomic mass is 32.2. The van der Waals surface area contributed by atoms with E-state index < -0.39 is 0 Å². The molecular weight excluding hydrogens is 338 g/mol. The van der Waals surface area contributed by atoms with E-state index in [4.69, 9.17) is 0 Å². The van der Waals surface area contributed by atoms with Crippen molar-refractivity contribution < 1.29 is 4.79 Å². The molecule has 0 aliphatic carbocycles. The van der Waals surface area contributed by atoms with E-state index in [1.165, 1.54) is 11.8 Å². The van der Waals surface area contributed by atoms with Gasteiger partial charge in [0.2, 0.25) is 0 Å². The maximum atomic E-state index is 11.8. The Morgan fingerprint density at radius 2 is 1.83 bits per heavy atom. The van der Waals surface area contributed by atoms with Crippen LogP contribution >= 0.6 is 23.1 Å². The number of carbonyl (C=O) groups is 1. The van der Waals surface area contributed by atoms with Crippen molar-refractivity contribution >= 4 is 35.2 Å². The second-order valence-corrected chi connectivity index (χ2v) is 6.94. The SMILES string of the molecule is O=C(CSc1nc(-c2ccccc2)cs1)N/N=C/c1ccccc1. The van der Waals surface area contributed by atoms with E-state index in [-0.39, 0.29) is 11.7 Å². The number of benzene rings is 2. The van der Waals surface area contributed by atoms with Gasteiger partial charge in [0.15, 0.2) is 4.34 Å². The van der Waals surface area contributed by atoms with E-state index >= 15 is 0 Å². The Hall–Kier alpha value is -2.44. The van der Waals surface area contributed by atoms with E-state index in [0.717, 1.165) is 21.2 Å². The number of hydrazone groups is 1. The van der Waals surface area contributed by atoms with Crippen molar-refractivity contribution in [1.29, 1.82) is 0 Å². The molecule has 24 heavy (non-hydrogen) atoms. The molecule has 6 heteroatoms. The molecule has 1 heterocycles. The Morgan fingerprint density at radius 1 is 1.12 bits per heavy atom. The van der Waals surface area contributed by atoms with Gasteiger partial charge in [-0.3, -0.25) is 4.79 Å². The standard InChI is InChI=1S/C18H15N3OS2/c22-17(21-19-11-14-7-3-1-4-8-14)13-24-18-20-16(12-23-18)15-9-5-2-6-10-15/h1-12H,13H2,(H,21,22)/b19-11+. The third kappa shape index (κ3) is 4.78. The van der Waals surface area contributed by atoms with Crippen LogP contribution in [0.1, 0.15) is 5.56 Å². The summed E-state index contributed by atoms with van der Waals surface area (Å²) in [6.45, 7) is 0. The zero-order chi connectivity index (χ0) is 16.6. The van der Waals surface area contributed by atoms with Crippen molar-refractivity contribution in [3.8, 4) is 11.3 Å². The predicted molar refractivity (Wildman–Crippen MR) is 100 cm³/mol. The minimum Gasteiger partial charge on any atom is -0.272 e. The van der Waals surface area contributed by atoms with Crippen molar-refractivity contribution in [2.75, 3.05) is 5.75 Å². The molecule has 0 spiro atoms. The molecule has 2 aromatic carbocycles. The van der Waals surface area contributed by atoms with Crippen LogP contribution in [0.4, 0.5) is 0 Å². The summed E-state index contributed by atoms with van der Waals surface area (Å²) in [6, 6.07) is 19.6. The molecule has 4 nitrogen and oxygen atoms in total. The lowest BCUT2D eigenvalue weighted by Gasteiger charge is -1.98. The molecule has 0 fully saturated rings. The highest BCUT2D eigenvalue weighted by molar-refractivity contribution is 8.01. The number of thiazole rings is 1. The molecule has 3 rings (SSSR count). The molecule has 120 valence electrons. The second-order valence-electron chi connectivity index (χ2n) is 4.86. The topological polar surface area (TPSA) is 54.4 Å². The molecule has 0 aliphatic rings. The molecule has 0 unspecified atom stereocenters. The lowest BCUT2D eigenvalue weighted by Crippen LogP contribution is -2.19. The summed E-state index contributed by atoms with van der Waals surface area (Å²) in [5, 5.41) is 5.95. The summed E-state index contributed by atoms with van der Waals surface area (Å²) in [5.41, 5.74) is 5.49. The van der Waals surface area contributed by atoms with Gasteiger partial charge in [0.25, 0.3) is 5.91 Å². The lowest BCUT2D eigenvalue weighted by molar-refractivity contribution is -0.118. The Bertz CT molecular complexity index is 817. The van der Waals surface area contributed by atoms with Gasteiger partial charge >= 0.3 is 0 Å². The smallest absolute Gasteiger partial charge is 0.250 e. The van der Waals surface area contributed by atoms with E-state index in [2.05, 4.69) is 15.5 Å². The van der Waals surface area contributed by atoms with Gasteiger partial charge < -0.3 is 0 Å². The summed E-state index contributed by atoms with van der Waals surface area (Å²) < 4.78 is 0.871. The van der Waals surface area contributed by atoms with Crippen LogP contribution in [0.25, 0.3) is 11.3 Å². The van der Waals surface area contributed by atoms with Gasteiger partial charge in [0.1, 0.15) is 0 Å². The monoisotopic (exact) mass is 353 g/mol.